The molecule has 1 aliphatic carbocycles. The van der Waals surface area contributed by atoms with Gasteiger partial charge in [0.05, 0.1) is 10.9 Å². The molecular weight excluding hydrogens is 291 g/mol. The molecule has 1 aliphatic rings. The van der Waals surface area contributed by atoms with Crippen LogP contribution in [0.1, 0.15) is 30.7 Å². The second kappa shape index (κ2) is 4.64. The van der Waals surface area contributed by atoms with E-state index in [0.29, 0.717) is 5.56 Å². The fourth-order valence-corrected chi connectivity index (χ4v) is 2.42. The van der Waals surface area contributed by atoms with E-state index in [1.807, 2.05) is 0 Å². The summed E-state index contributed by atoms with van der Waals surface area (Å²) in [5, 5.41) is 18.2. The third-order valence-electron chi connectivity index (χ3n) is 3.08. The van der Waals surface area contributed by atoms with Crippen molar-refractivity contribution in [3.8, 4) is 5.75 Å². The lowest BCUT2D eigenvalue weighted by Gasteiger charge is -2.16. The Bertz CT molecular complexity index is 457. The normalized spacial score (nSPS) is 16.8. The highest BCUT2D eigenvalue weighted by Crippen LogP contribution is 2.46. The first-order chi connectivity index (χ1) is 8.00. The molecule has 92 valence electrons. The zero-order valence-corrected chi connectivity index (χ0v) is 10.6. The number of phenolic OH excluding ortho intramolecular Hbond substituents is 1. The number of rotatable bonds is 4. The van der Waals surface area contributed by atoms with Crippen LogP contribution in [0.2, 0.25) is 0 Å². The number of aromatic hydroxyl groups is 1. The van der Waals surface area contributed by atoms with Crippen molar-refractivity contribution in [3.63, 3.8) is 0 Å². The molecule has 3 nitrogen and oxygen atoms in total. The van der Waals surface area contributed by atoms with Gasteiger partial charge in [-0.25, -0.2) is 4.39 Å². The average Bonchev–Trinajstić information content (AvgIpc) is 3.07. The maximum Gasteiger partial charge on any atom is 0.303 e. The average molecular weight is 303 g/mol. The van der Waals surface area contributed by atoms with Gasteiger partial charge in [-0.1, -0.05) is 6.07 Å². The number of benzene rings is 1. The summed E-state index contributed by atoms with van der Waals surface area (Å²) in [6.07, 6.45) is 1.81. The molecule has 2 N–H and O–H groups in total. The van der Waals surface area contributed by atoms with Crippen molar-refractivity contribution < 1.29 is 19.4 Å². The summed E-state index contributed by atoms with van der Waals surface area (Å²) in [6.45, 7) is 0. The van der Waals surface area contributed by atoms with Crippen LogP contribution in [-0.4, -0.2) is 16.2 Å². The van der Waals surface area contributed by atoms with Crippen molar-refractivity contribution in [1.82, 2.24) is 0 Å². The molecule has 0 bridgehead atoms. The third kappa shape index (κ3) is 2.60. The van der Waals surface area contributed by atoms with Gasteiger partial charge in [0.1, 0.15) is 11.6 Å². The van der Waals surface area contributed by atoms with Crippen molar-refractivity contribution >= 4 is 21.9 Å². The number of hydrogen-bond donors (Lipinski definition) is 2. The molecule has 1 unspecified atom stereocenters. The molecule has 1 saturated carbocycles. The Balaban J connectivity index is 2.35. The lowest BCUT2D eigenvalue weighted by Crippen LogP contribution is -2.10. The second-order valence-corrected chi connectivity index (χ2v) is 5.14. The quantitative estimate of drug-likeness (QED) is 0.897. The van der Waals surface area contributed by atoms with E-state index in [2.05, 4.69) is 15.9 Å². The fourth-order valence-electron chi connectivity index (χ4n) is 2.06. The molecule has 0 aliphatic heterocycles. The van der Waals surface area contributed by atoms with Crippen molar-refractivity contribution in [1.29, 1.82) is 0 Å². The van der Waals surface area contributed by atoms with Gasteiger partial charge in [0.2, 0.25) is 0 Å². The Labute approximate surface area is 106 Å². The first-order valence-corrected chi connectivity index (χ1v) is 6.18. The molecular formula is C12H12BrFO3. The van der Waals surface area contributed by atoms with Gasteiger partial charge in [0.15, 0.2) is 0 Å². The Hall–Kier alpha value is -1.10. The van der Waals surface area contributed by atoms with E-state index in [4.69, 9.17) is 5.11 Å². The molecule has 0 spiro atoms. The summed E-state index contributed by atoms with van der Waals surface area (Å²) < 4.78 is 14.0. The highest BCUT2D eigenvalue weighted by molar-refractivity contribution is 9.10. The van der Waals surface area contributed by atoms with Gasteiger partial charge in [-0.05, 0) is 46.3 Å². The number of aliphatic carboxylic acids is 1. The fraction of sp³-hybridized carbons (Fsp3) is 0.417. The van der Waals surface area contributed by atoms with Gasteiger partial charge < -0.3 is 10.2 Å². The second-order valence-electron chi connectivity index (χ2n) is 4.34. The Morgan fingerprint density at radius 2 is 2.18 bits per heavy atom. The summed E-state index contributed by atoms with van der Waals surface area (Å²) in [5.74, 6) is -1.70. The van der Waals surface area contributed by atoms with Gasteiger partial charge in [0.25, 0.3) is 0 Å². The number of hydrogen-bond acceptors (Lipinski definition) is 2. The number of carboxylic acids is 1. The van der Waals surface area contributed by atoms with Crippen LogP contribution < -0.4 is 0 Å². The van der Waals surface area contributed by atoms with Gasteiger partial charge in [-0.2, -0.15) is 0 Å². The molecule has 2 rings (SSSR count). The molecule has 1 fully saturated rings. The minimum Gasteiger partial charge on any atom is -0.507 e. The zero-order chi connectivity index (χ0) is 12.6. The van der Waals surface area contributed by atoms with E-state index >= 15 is 0 Å². The summed E-state index contributed by atoms with van der Waals surface area (Å²) in [7, 11) is 0. The van der Waals surface area contributed by atoms with Crippen molar-refractivity contribution in [2.45, 2.75) is 25.2 Å². The molecule has 0 saturated heterocycles. The van der Waals surface area contributed by atoms with Gasteiger partial charge in [-0.15, -0.1) is 0 Å². The molecule has 0 amide bonds. The van der Waals surface area contributed by atoms with Crippen LogP contribution in [0.25, 0.3) is 0 Å². The zero-order valence-electron chi connectivity index (χ0n) is 8.99. The van der Waals surface area contributed by atoms with Crippen molar-refractivity contribution in [3.05, 3.63) is 28.0 Å². The van der Waals surface area contributed by atoms with Crippen molar-refractivity contribution in [2.24, 2.45) is 5.92 Å². The molecule has 1 aromatic carbocycles. The summed E-state index contributed by atoms with van der Waals surface area (Å²) in [4.78, 5) is 10.8. The van der Waals surface area contributed by atoms with Crippen LogP contribution in [0.5, 0.6) is 5.75 Å². The van der Waals surface area contributed by atoms with Crippen molar-refractivity contribution in [2.75, 3.05) is 0 Å². The predicted molar refractivity (Wildman–Crippen MR) is 63.5 cm³/mol. The van der Waals surface area contributed by atoms with Crippen LogP contribution in [0.15, 0.2) is 16.6 Å². The third-order valence-corrected chi connectivity index (χ3v) is 3.83. The minimum absolute atomic E-state index is 0.00559. The van der Waals surface area contributed by atoms with E-state index in [-0.39, 0.29) is 28.5 Å². The Morgan fingerprint density at radius 3 is 2.71 bits per heavy atom. The maximum absolute atomic E-state index is 14.0. The van der Waals surface area contributed by atoms with E-state index in [1.54, 1.807) is 0 Å². The number of carbonyl (C=O) groups is 1. The summed E-state index contributed by atoms with van der Waals surface area (Å²) >= 11 is 2.96. The summed E-state index contributed by atoms with van der Waals surface area (Å²) in [6, 6.07) is 2.86. The molecule has 0 heterocycles. The predicted octanol–water partition coefficient (Wildman–Crippen LogP) is 3.26. The molecule has 0 radical (unpaired) electrons. The van der Waals surface area contributed by atoms with Crippen LogP contribution in [0.3, 0.4) is 0 Å². The molecule has 1 aromatic rings. The van der Waals surface area contributed by atoms with Crippen LogP contribution in [-0.2, 0) is 4.79 Å². The molecule has 1 atom stereocenters. The highest BCUT2D eigenvalue weighted by atomic mass is 79.9. The SMILES string of the molecule is O=C(O)CC(c1ccc(O)c(Br)c1F)C1CC1. The van der Waals surface area contributed by atoms with E-state index in [0.717, 1.165) is 12.8 Å². The first kappa shape index (κ1) is 12.4. The Morgan fingerprint density at radius 1 is 1.53 bits per heavy atom. The lowest BCUT2D eigenvalue weighted by atomic mass is 9.90. The molecule has 5 heteroatoms. The largest absolute Gasteiger partial charge is 0.507 e. The monoisotopic (exact) mass is 302 g/mol. The topological polar surface area (TPSA) is 57.5 Å². The first-order valence-electron chi connectivity index (χ1n) is 5.39. The van der Waals surface area contributed by atoms with E-state index < -0.39 is 11.8 Å². The van der Waals surface area contributed by atoms with Crippen LogP contribution >= 0.6 is 15.9 Å². The lowest BCUT2D eigenvalue weighted by molar-refractivity contribution is -0.137. The molecule has 0 aromatic heterocycles. The standard InChI is InChI=1S/C12H12BrFO3/c13-11-9(15)4-3-7(12(11)14)8(5-10(16)17)6-1-2-6/h3-4,6,8,15H,1-2,5H2,(H,16,17). The van der Waals surface area contributed by atoms with E-state index in [1.165, 1.54) is 12.1 Å². The minimum atomic E-state index is -0.925. The van der Waals surface area contributed by atoms with Gasteiger partial charge >= 0.3 is 5.97 Å². The number of phenols is 1. The van der Waals surface area contributed by atoms with Gasteiger partial charge in [0, 0.05) is 5.92 Å². The maximum atomic E-state index is 14.0. The van der Waals surface area contributed by atoms with E-state index in [9.17, 15) is 14.3 Å². The number of halogens is 2. The number of carboxylic acid groups (broad SMARTS) is 1. The van der Waals surface area contributed by atoms with Crippen LogP contribution in [0, 0.1) is 11.7 Å². The highest BCUT2D eigenvalue weighted by Gasteiger charge is 2.35. The smallest absolute Gasteiger partial charge is 0.303 e. The Kier molecular flexibility index (Phi) is 3.38. The summed E-state index contributed by atoms with van der Waals surface area (Å²) in [5.41, 5.74) is 0.375. The van der Waals surface area contributed by atoms with Crippen LogP contribution in [0.4, 0.5) is 4.39 Å². The van der Waals surface area contributed by atoms with Gasteiger partial charge in [-0.3, -0.25) is 4.79 Å². The molecule has 17 heavy (non-hydrogen) atoms.